The van der Waals surface area contributed by atoms with Crippen molar-refractivity contribution >= 4 is 5.97 Å². The van der Waals surface area contributed by atoms with Crippen molar-refractivity contribution in [3.63, 3.8) is 0 Å². The van der Waals surface area contributed by atoms with E-state index >= 15 is 0 Å². The van der Waals surface area contributed by atoms with Crippen molar-refractivity contribution in [3.8, 4) is 0 Å². The van der Waals surface area contributed by atoms with Gasteiger partial charge in [-0.1, -0.05) is 30.3 Å². The number of hydrogen-bond acceptors (Lipinski definition) is 4. The molecule has 0 spiro atoms. The van der Waals surface area contributed by atoms with Crippen LogP contribution in [0.15, 0.2) is 30.3 Å². The van der Waals surface area contributed by atoms with Crippen LogP contribution < -0.4 is 0 Å². The van der Waals surface area contributed by atoms with Gasteiger partial charge in [0.25, 0.3) is 5.82 Å². The van der Waals surface area contributed by atoms with E-state index in [0.29, 0.717) is 5.56 Å². The van der Waals surface area contributed by atoms with E-state index in [1.165, 1.54) is 0 Å². The lowest BCUT2D eigenvalue weighted by molar-refractivity contribution is 0.0684. The van der Waals surface area contributed by atoms with Gasteiger partial charge in [0.1, 0.15) is 6.10 Å². The van der Waals surface area contributed by atoms with E-state index in [9.17, 15) is 9.90 Å². The summed E-state index contributed by atoms with van der Waals surface area (Å²) in [5.74, 6) is -1.48. The second-order valence-corrected chi connectivity index (χ2v) is 3.16. The molecule has 3 N–H and O–H groups in total. The molecule has 6 nitrogen and oxygen atoms in total. The molecule has 1 aromatic heterocycles. The van der Waals surface area contributed by atoms with Gasteiger partial charge in [-0.05, 0) is 5.56 Å². The Kier molecular flexibility index (Phi) is 2.65. The number of aromatic nitrogens is 3. The molecule has 1 heterocycles. The third kappa shape index (κ3) is 1.91. The summed E-state index contributed by atoms with van der Waals surface area (Å²) < 4.78 is 0. The number of nitrogens with zero attached hydrogens (tertiary/aromatic N) is 2. The summed E-state index contributed by atoms with van der Waals surface area (Å²) in [7, 11) is 0. The zero-order valence-electron chi connectivity index (χ0n) is 8.16. The van der Waals surface area contributed by atoms with Crippen molar-refractivity contribution in [2.45, 2.75) is 6.10 Å². The van der Waals surface area contributed by atoms with Crippen LogP contribution in [0, 0.1) is 0 Å². The number of hydrogen-bond donors (Lipinski definition) is 3. The highest BCUT2D eigenvalue weighted by Gasteiger charge is 2.17. The lowest BCUT2D eigenvalue weighted by atomic mass is 10.1. The second kappa shape index (κ2) is 4.11. The summed E-state index contributed by atoms with van der Waals surface area (Å²) in [5, 5.41) is 24.3. The quantitative estimate of drug-likeness (QED) is 0.701. The number of aliphatic hydroxyl groups excluding tert-OH is 1. The van der Waals surface area contributed by atoms with Gasteiger partial charge in [-0.25, -0.2) is 9.78 Å². The molecule has 0 saturated carbocycles. The normalized spacial score (nSPS) is 12.3. The molecule has 1 atom stereocenters. The van der Waals surface area contributed by atoms with Gasteiger partial charge in [0.05, 0.1) is 0 Å². The fourth-order valence-electron chi connectivity index (χ4n) is 1.29. The Bertz CT molecular complexity index is 495. The molecule has 2 aromatic rings. The minimum Gasteiger partial charge on any atom is -0.475 e. The number of aromatic carboxylic acids is 1. The van der Waals surface area contributed by atoms with Crippen LogP contribution in [0.2, 0.25) is 0 Å². The van der Waals surface area contributed by atoms with Gasteiger partial charge < -0.3 is 10.2 Å². The largest absolute Gasteiger partial charge is 0.475 e. The molecule has 82 valence electrons. The minimum atomic E-state index is -1.23. The monoisotopic (exact) mass is 219 g/mol. The van der Waals surface area contributed by atoms with Gasteiger partial charge in [0.2, 0.25) is 0 Å². The van der Waals surface area contributed by atoms with Crippen molar-refractivity contribution in [1.82, 2.24) is 15.2 Å². The molecule has 0 fully saturated rings. The van der Waals surface area contributed by atoms with Crippen LogP contribution in [0.1, 0.15) is 28.1 Å². The van der Waals surface area contributed by atoms with E-state index in [4.69, 9.17) is 5.11 Å². The van der Waals surface area contributed by atoms with Crippen molar-refractivity contribution in [1.29, 1.82) is 0 Å². The fourth-order valence-corrected chi connectivity index (χ4v) is 1.29. The molecule has 0 aliphatic heterocycles. The molecule has 0 bridgehead atoms. The summed E-state index contributed by atoms with van der Waals surface area (Å²) in [6.07, 6.45) is -0.998. The predicted molar refractivity (Wildman–Crippen MR) is 53.8 cm³/mol. The number of H-pyrrole nitrogens is 1. The van der Waals surface area contributed by atoms with Gasteiger partial charge >= 0.3 is 5.97 Å². The number of carboxylic acids is 1. The van der Waals surface area contributed by atoms with Crippen LogP contribution in [0.25, 0.3) is 0 Å². The SMILES string of the molecule is O=C(O)c1n[nH]c([C@H](O)c2ccccc2)n1. The summed E-state index contributed by atoms with van der Waals surface area (Å²) in [4.78, 5) is 14.2. The number of carboxylic acid groups (broad SMARTS) is 1. The molecule has 0 saturated heterocycles. The van der Waals surface area contributed by atoms with Gasteiger partial charge in [-0.3, -0.25) is 5.10 Å². The first-order valence-corrected chi connectivity index (χ1v) is 4.57. The first-order valence-electron chi connectivity index (χ1n) is 4.57. The molecule has 0 radical (unpaired) electrons. The zero-order valence-corrected chi connectivity index (χ0v) is 8.16. The predicted octanol–water partition coefficient (Wildman–Crippen LogP) is 0.585. The Balaban J connectivity index is 2.27. The molecule has 0 aliphatic carbocycles. The third-order valence-electron chi connectivity index (χ3n) is 2.07. The Hall–Kier alpha value is -2.21. The van der Waals surface area contributed by atoms with E-state index in [2.05, 4.69) is 15.2 Å². The van der Waals surface area contributed by atoms with Crippen LogP contribution in [0.4, 0.5) is 0 Å². The van der Waals surface area contributed by atoms with Gasteiger partial charge in [0.15, 0.2) is 5.82 Å². The van der Waals surface area contributed by atoms with Crippen LogP contribution >= 0.6 is 0 Å². The van der Waals surface area contributed by atoms with E-state index in [1.54, 1.807) is 24.3 Å². The molecule has 16 heavy (non-hydrogen) atoms. The molecular weight excluding hydrogens is 210 g/mol. The minimum absolute atomic E-state index is 0.114. The Labute approximate surface area is 90.6 Å². The van der Waals surface area contributed by atoms with Crippen molar-refractivity contribution in [2.75, 3.05) is 0 Å². The van der Waals surface area contributed by atoms with Crippen molar-refractivity contribution in [3.05, 3.63) is 47.5 Å². The maximum Gasteiger partial charge on any atom is 0.375 e. The van der Waals surface area contributed by atoms with E-state index in [1.807, 2.05) is 6.07 Å². The molecular formula is C10H9N3O3. The summed E-state index contributed by atoms with van der Waals surface area (Å²) in [6.45, 7) is 0. The third-order valence-corrected chi connectivity index (χ3v) is 2.07. The van der Waals surface area contributed by atoms with Crippen molar-refractivity contribution in [2.24, 2.45) is 0 Å². The van der Waals surface area contributed by atoms with Gasteiger partial charge in [0, 0.05) is 0 Å². The number of benzene rings is 1. The number of carbonyl (C=O) groups is 1. The van der Waals surface area contributed by atoms with Gasteiger partial charge in [-0.15, -0.1) is 5.10 Å². The first-order chi connectivity index (χ1) is 7.68. The van der Waals surface area contributed by atoms with Crippen LogP contribution in [-0.4, -0.2) is 31.4 Å². The summed E-state index contributed by atoms with van der Waals surface area (Å²) >= 11 is 0. The van der Waals surface area contributed by atoms with Crippen LogP contribution in [-0.2, 0) is 0 Å². The maximum absolute atomic E-state index is 10.5. The van der Waals surface area contributed by atoms with E-state index < -0.39 is 12.1 Å². The van der Waals surface area contributed by atoms with Crippen LogP contribution in [0.3, 0.4) is 0 Å². The average Bonchev–Trinajstić information content (AvgIpc) is 2.78. The van der Waals surface area contributed by atoms with Crippen molar-refractivity contribution < 1.29 is 15.0 Å². The lowest BCUT2D eigenvalue weighted by Gasteiger charge is -2.06. The molecule has 2 rings (SSSR count). The Morgan fingerprint density at radius 3 is 2.56 bits per heavy atom. The highest BCUT2D eigenvalue weighted by atomic mass is 16.4. The fraction of sp³-hybridized carbons (Fsp3) is 0.100. The molecule has 0 amide bonds. The average molecular weight is 219 g/mol. The first kappa shape index (κ1) is 10.3. The maximum atomic E-state index is 10.5. The van der Waals surface area contributed by atoms with E-state index in [0.717, 1.165) is 0 Å². The Morgan fingerprint density at radius 2 is 2.00 bits per heavy atom. The standard InChI is InChI=1S/C10H9N3O3/c14-7(6-4-2-1-3-5-6)8-11-9(10(15)16)13-12-8/h1-5,7,14H,(H,15,16)(H,11,12,13)/t7-/m1/s1. The number of aromatic amines is 1. The highest BCUT2D eigenvalue weighted by Crippen LogP contribution is 2.17. The smallest absolute Gasteiger partial charge is 0.375 e. The second-order valence-electron chi connectivity index (χ2n) is 3.16. The lowest BCUT2D eigenvalue weighted by Crippen LogP contribution is -2.03. The zero-order chi connectivity index (χ0) is 11.5. The highest BCUT2D eigenvalue weighted by molar-refractivity contribution is 5.82. The van der Waals surface area contributed by atoms with Crippen LogP contribution in [0.5, 0.6) is 0 Å². The molecule has 1 aromatic carbocycles. The molecule has 0 aliphatic rings. The summed E-state index contributed by atoms with van der Waals surface area (Å²) in [5.41, 5.74) is 0.621. The number of nitrogens with one attached hydrogen (secondary N) is 1. The topological polar surface area (TPSA) is 99.1 Å². The number of aliphatic hydroxyl groups is 1. The Morgan fingerprint density at radius 1 is 1.31 bits per heavy atom. The summed E-state index contributed by atoms with van der Waals surface area (Å²) in [6, 6.07) is 8.79. The van der Waals surface area contributed by atoms with Gasteiger partial charge in [-0.2, -0.15) is 0 Å². The number of rotatable bonds is 3. The molecule has 0 unspecified atom stereocenters. The molecule has 6 heteroatoms. The van der Waals surface area contributed by atoms with E-state index in [-0.39, 0.29) is 11.6 Å².